The molecule has 0 aliphatic heterocycles. The van der Waals surface area contributed by atoms with Gasteiger partial charge in [0.05, 0.1) is 0 Å². The van der Waals surface area contributed by atoms with Gasteiger partial charge in [0.25, 0.3) is 0 Å². The van der Waals surface area contributed by atoms with Gasteiger partial charge in [-0.25, -0.2) is 4.79 Å². The van der Waals surface area contributed by atoms with Crippen LogP contribution in [0.4, 0.5) is 8.78 Å². The molecule has 0 N–H and O–H groups in total. The van der Waals surface area contributed by atoms with E-state index in [1.165, 1.54) is 24.3 Å². The fraction of sp³-hybridized carbons (Fsp3) is 0.222. The van der Waals surface area contributed by atoms with Gasteiger partial charge in [0, 0.05) is 5.56 Å². The lowest BCUT2D eigenvalue weighted by Crippen LogP contribution is -2.08. The van der Waals surface area contributed by atoms with Gasteiger partial charge in [0.1, 0.15) is 0 Å². The van der Waals surface area contributed by atoms with Crippen LogP contribution >= 0.6 is 0 Å². The zero-order chi connectivity index (χ0) is 9.90. The van der Waals surface area contributed by atoms with Crippen molar-refractivity contribution in [2.75, 3.05) is 0 Å². The zero-order valence-electron chi connectivity index (χ0n) is 6.92. The summed E-state index contributed by atoms with van der Waals surface area (Å²) in [5, 5.41) is 0. The molecule has 0 saturated carbocycles. The molecule has 4 heteroatoms. The molecule has 68 valence electrons. The molecule has 2 nitrogen and oxygen atoms in total. The number of hydrogen-bond donors (Lipinski definition) is 0. The number of halogens is 2. The summed E-state index contributed by atoms with van der Waals surface area (Å²) in [6.07, 6.45) is 0.846. The lowest BCUT2D eigenvalue weighted by Gasteiger charge is -2.08. The normalized spacial score (nSPS) is 10.7. The lowest BCUT2D eigenvalue weighted by atomic mass is 10.1. The second-order valence-corrected chi connectivity index (χ2v) is 2.61. The third-order valence-corrected chi connectivity index (χ3v) is 1.58. The summed E-state index contributed by atoms with van der Waals surface area (Å²) in [5.41, 5.74) is 0.566. The molecule has 1 aromatic carbocycles. The number of hydrogen-bond acceptors (Lipinski definition) is 2. The Labute approximate surface area is 73.9 Å². The number of aryl methyl sites for hydroxylation is 1. The van der Waals surface area contributed by atoms with Crippen molar-refractivity contribution in [3.63, 3.8) is 0 Å². The molecule has 0 fully saturated rings. The van der Waals surface area contributed by atoms with Crippen molar-refractivity contribution in [2.45, 2.75) is 13.0 Å². The number of benzene rings is 1. The maximum atomic E-state index is 12.9. The molecule has 0 aliphatic rings. The van der Waals surface area contributed by atoms with Crippen LogP contribution in [0.15, 0.2) is 29.3 Å². The molecular weight excluding hydrogens is 176 g/mol. The van der Waals surface area contributed by atoms with Crippen LogP contribution in [0, 0.1) is 6.92 Å². The molecule has 0 spiro atoms. The van der Waals surface area contributed by atoms with Crippen molar-refractivity contribution >= 4 is 6.08 Å². The van der Waals surface area contributed by atoms with Gasteiger partial charge in [0.2, 0.25) is 6.08 Å². The van der Waals surface area contributed by atoms with Crippen molar-refractivity contribution in [3.8, 4) is 0 Å². The molecule has 0 radical (unpaired) electrons. The van der Waals surface area contributed by atoms with Crippen LogP contribution < -0.4 is 0 Å². The maximum absolute atomic E-state index is 12.9. The first-order valence-corrected chi connectivity index (χ1v) is 3.60. The fourth-order valence-electron chi connectivity index (χ4n) is 0.876. The molecule has 0 amide bonds. The number of alkyl halides is 2. The van der Waals surface area contributed by atoms with Crippen LogP contribution in [0.25, 0.3) is 0 Å². The predicted molar refractivity (Wildman–Crippen MR) is 43.2 cm³/mol. The van der Waals surface area contributed by atoms with E-state index in [2.05, 4.69) is 4.99 Å². The van der Waals surface area contributed by atoms with Crippen molar-refractivity contribution in [1.29, 1.82) is 0 Å². The summed E-state index contributed by atoms with van der Waals surface area (Å²) in [4.78, 5) is 12.1. The summed E-state index contributed by atoms with van der Waals surface area (Å²) < 4.78 is 25.7. The Morgan fingerprint density at radius 1 is 1.31 bits per heavy atom. The SMILES string of the molecule is Cc1ccc(C(F)(F)N=C=O)cc1. The predicted octanol–water partition coefficient (Wildman–Crippen LogP) is 2.38. The summed E-state index contributed by atoms with van der Waals surface area (Å²) in [5.74, 6) is 0. The van der Waals surface area contributed by atoms with Gasteiger partial charge in [0.15, 0.2) is 0 Å². The van der Waals surface area contributed by atoms with Crippen LogP contribution in [0.5, 0.6) is 0 Å². The number of carbonyl (C=O) groups excluding carboxylic acids is 1. The molecule has 0 aliphatic carbocycles. The average Bonchev–Trinajstić information content (AvgIpc) is 2.05. The molecule has 1 aromatic rings. The van der Waals surface area contributed by atoms with Crippen molar-refractivity contribution < 1.29 is 13.6 Å². The van der Waals surface area contributed by atoms with Gasteiger partial charge < -0.3 is 0 Å². The third kappa shape index (κ3) is 2.20. The smallest absolute Gasteiger partial charge is 0.211 e. The highest BCUT2D eigenvalue weighted by Crippen LogP contribution is 2.28. The van der Waals surface area contributed by atoms with Crippen LogP contribution in [0.2, 0.25) is 0 Å². The molecule has 0 bridgehead atoms. The van der Waals surface area contributed by atoms with Crippen LogP contribution in [-0.4, -0.2) is 6.08 Å². The average molecular weight is 183 g/mol. The second-order valence-electron chi connectivity index (χ2n) is 2.61. The minimum Gasteiger partial charge on any atom is -0.211 e. The van der Waals surface area contributed by atoms with Crippen molar-refractivity contribution in [1.82, 2.24) is 0 Å². The number of aliphatic imine (C=N–C) groups is 1. The Morgan fingerprint density at radius 3 is 2.31 bits per heavy atom. The number of isocyanates is 1. The number of nitrogens with zero attached hydrogens (tertiary/aromatic N) is 1. The molecular formula is C9H7F2NO. The largest absolute Gasteiger partial charge is 0.379 e. The van der Waals surface area contributed by atoms with E-state index >= 15 is 0 Å². The highest BCUT2D eigenvalue weighted by Gasteiger charge is 2.30. The van der Waals surface area contributed by atoms with Gasteiger partial charge >= 0.3 is 6.05 Å². The first-order chi connectivity index (χ1) is 6.06. The van der Waals surface area contributed by atoms with Gasteiger partial charge in [-0.3, -0.25) is 0 Å². The Bertz CT molecular complexity index is 339. The molecule has 0 aromatic heterocycles. The highest BCUT2D eigenvalue weighted by atomic mass is 19.3. The van der Waals surface area contributed by atoms with E-state index in [-0.39, 0.29) is 5.56 Å². The summed E-state index contributed by atoms with van der Waals surface area (Å²) in [6.45, 7) is 1.78. The van der Waals surface area contributed by atoms with E-state index in [9.17, 15) is 13.6 Å². The first kappa shape index (κ1) is 9.55. The molecule has 0 heterocycles. The minimum absolute atomic E-state index is 0.304. The Hall–Kier alpha value is -1.54. The van der Waals surface area contributed by atoms with E-state index in [1.54, 1.807) is 6.92 Å². The van der Waals surface area contributed by atoms with E-state index in [4.69, 9.17) is 0 Å². The van der Waals surface area contributed by atoms with E-state index < -0.39 is 6.05 Å². The fourth-order valence-corrected chi connectivity index (χ4v) is 0.876. The van der Waals surface area contributed by atoms with Gasteiger partial charge in [-0.05, 0) is 6.92 Å². The topological polar surface area (TPSA) is 29.4 Å². The minimum atomic E-state index is -3.46. The Balaban J connectivity index is 3.07. The molecule has 0 saturated heterocycles. The molecule has 13 heavy (non-hydrogen) atoms. The summed E-state index contributed by atoms with van der Waals surface area (Å²) in [7, 11) is 0. The number of rotatable bonds is 2. The van der Waals surface area contributed by atoms with Gasteiger partial charge in [-0.2, -0.15) is 8.78 Å². The van der Waals surface area contributed by atoms with Crippen molar-refractivity contribution in [2.24, 2.45) is 4.99 Å². The zero-order valence-corrected chi connectivity index (χ0v) is 6.92. The molecule has 1 rings (SSSR count). The van der Waals surface area contributed by atoms with Crippen LogP contribution in [-0.2, 0) is 10.8 Å². The van der Waals surface area contributed by atoms with Gasteiger partial charge in [-0.15, -0.1) is 4.99 Å². The molecule has 0 atom stereocenters. The second kappa shape index (κ2) is 3.46. The Kier molecular flexibility index (Phi) is 2.54. The monoisotopic (exact) mass is 183 g/mol. The standard InChI is InChI=1S/C9H7F2NO/c1-7-2-4-8(5-3-7)9(10,11)12-6-13/h2-5H,1H3. The summed E-state index contributed by atoms with van der Waals surface area (Å²) in [6, 6.07) is 2.06. The van der Waals surface area contributed by atoms with Crippen LogP contribution in [0.1, 0.15) is 11.1 Å². The molecule has 0 unspecified atom stereocenters. The maximum Gasteiger partial charge on any atom is 0.379 e. The Morgan fingerprint density at radius 2 is 1.85 bits per heavy atom. The lowest BCUT2D eigenvalue weighted by molar-refractivity contribution is 0.00617. The third-order valence-electron chi connectivity index (χ3n) is 1.58. The highest BCUT2D eigenvalue weighted by molar-refractivity contribution is 5.36. The van der Waals surface area contributed by atoms with E-state index in [0.717, 1.165) is 11.6 Å². The summed E-state index contributed by atoms with van der Waals surface area (Å²) >= 11 is 0. The quantitative estimate of drug-likeness (QED) is 0.393. The van der Waals surface area contributed by atoms with E-state index in [1.807, 2.05) is 0 Å². The van der Waals surface area contributed by atoms with Crippen LogP contribution in [0.3, 0.4) is 0 Å². The van der Waals surface area contributed by atoms with Gasteiger partial charge in [-0.1, -0.05) is 29.8 Å². The van der Waals surface area contributed by atoms with E-state index in [0.29, 0.717) is 0 Å². The first-order valence-electron chi connectivity index (χ1n) is 3.60. The van der Waals surface area contributed by atoms with Crippen molar-refractivity contribution in [3.05, 3.63) is 35.4 Å².